The van der Waals surface area contributed by atoms with Crippen LogP contribution in [0.2, 0.25) is 5.15 Å². The van der Waals surface area contributed by atoms with Crippen molar-refractivity contribution in [3.8, 4) is 0 Å². The zero-order valence-corrected chi connectivity index (χ0v) is 9.79. The Morgan fingerprint density at radius 2 is 2.24 bits per heavy atom. The van der Waals surface area contributed by atoms with Crippen molar-refractivity contribution >= 4 is 28.3 Å². The lowest BCUT2D eigenvalue weighted by Crippen LogP contribution is -2.07. The highest BCUT2D eigenvalue weighted by Crippen LogP contribution is 2.26. The van der Waals surface area contributed by atoms with Crippen LogP contribution in [-0.4, -0.2) is 17.6 Å². The van der Waals surface area contributed by atoms with Gasteiger partial charge in [0.2, 0.25) is 0 Å². The number of aromatic nitrogens is 1. The summed E-state index contributed by atoms with van der Waals surface area (Å²) >= 11 is 5.85. The molecule has 0 N–H and O–H groups in total. The molecule has 0 radical (unpaired) electrons. The Hall–Kier alpha value is -1.68. The van der Waals surface area contributed by atoms with Gasteiger partial charge in [0.1, 0.15) is 16.5 Å². The van der Waals surface area contributed by atoms with Crippen molar-refractivity contribution in [2.75, 3.05) is 6.61 Å². The zero-order chi connectivity index (χ0) is 12.4. The highest BCUT2D eigenvalue weighted by molar-refractivity contribution is 6.34. The van der Waals surface area contributed by atoms with Gasteiger partial charge in [0.05, 0.1) is 6.61 Å². The van der Waals surface area contributed by atoms with Crippen molar-refractivity contribution in [3.05, 3.63) is 40.9 Å². The summed E-state index contributed by atoms with van der Waals surface area (Å²) in [5.41, 5.74) is 0.102. The van der Waals surface area contributed by atoms with Crippen LogP contribution in [0, 0.1) is 5.82 Å². The van der Waals surface area contributed by atoms with Crippen molar-refractivity contribution in [2.24, 2.45) is 0 Å². The number of esters is 1. The topological polar surface area (TPSA) is 39.2 Å². The maximum atomic E-state index is 13.5. The van der Waals surface area contributed by atoms with Gasteiger partial charge in [-0.3, -0.25) is 0 Å². The lowest BCUT2D eigenvalue weighted by molar-refractivity contribution is 0.0528. The summed E-state index contributed by atoms with van der Waals surface area (Å²) in [7, 11) is 0. The van der Waals surface area contributed by atoms with Crippen molar-refractivity contribution < 1.29 is 13.9 Å². The second-order valence-corrected chi connectivity index (χ2v) is 3.70. The van der Waals surface area contributed by atoms with Gasteiger partial charge in [-0.05, 0) is 13.0 Å². The van der Waals surface area contributed by atoms with Crippen LogP contribution in [0.3, 0.4) is 0 Å². The van der Waals surface area contributed by atoms with E-state index in [1.54, 1.807) is 13.0 Å². The maximum Gasteiger partial charge on any atom is 0.341 e. The maximum absolute atomic E-state index is 13.5. The lowest BCUT2D eigenvalue weighted by Gasteiger charge is -2.07. The van der Waals surface area contributed by atoms with Gasteiger partial charge in [-0.1, -0.05) is 23.7 Å². The Morgan fingerprint density at radius 1 is 1.47 bits per heavy atom. The Balaban J connectivity index is 2.72. The molecule has 2 rings (SSSR count). The number of rotatable bonds is 2. The molecule has 0 aliphatic rings. The van der Waals surface area contributed by atoms with Crippen molar-refractivity contribution in [1.82, 2.24) is 4.98 Å². The predicted octanol–water partition coefficient (Wildman–Crippen LogP) is 3.20. The molecule has 88 valence electrons. The van der Waals surface area contributed by atoms with Crippen LogP contribution in [-0.2, 0) is 4.74 Å². The van der Waals surface area contributed by atoms with Gasteiger partial charge in [-0.15, -0.1) is 0 Å². The van der Waals surface area contributed by atoms with Gasteiger partial charge < -0.3 is 4.74 Å². The fourth-order valence-electron chi connectivity index (χ4n) is 1.58. The number of halogens is 2. The number of fused-ring (bicyclic) bond motifs is 1. The summed E-state index contributed by atoms with van der Waals surface area (Å²) in [5.74, 6) is -1.04. The molecule has 3 nitrogen and oxygen atoms in total. The number of hydrogen-bond acceptors (Lipinski definition) is 3. The minimum Gasteiger partial charge on any atom is -0.462 e. The fraction of sp³-hybridized carbons (Fsp3) is 0.167. The highest BCUT2D eigenvalue weighted by atomic mass is 35.5. The molecule has 0 spiro atoms. The smallest absolute Gasteiger partial charge is 0.341 e. The third-order valence-electron chi connectivity index (χ3n) is 2.32. The first-order valence-electron chi connectivity index (χ1n) is 5.05. The summed E-state index contributed by atoms with van der Waals surface area (Å²) in [4.78, 5) is 15.5. The number of pyridine rings is 1. The van der Waals surface area contributed by atoms with Gasteiger partial charge in [0, 0.05) is 17.0 Å². The van der Waals surface area contributed by atoms with E-state index < -0.39 is 11.8 Å². The van der Waals surface area contributed by atoms with Gasteiger partial charge in [0.15, 0.2) is 0 Å². The van der Waals surface area contributed by atoms with Crippen molar-refractivity contribution in [3.63, 3.8) is 0 Å². The first-order valence-corrected chi connectivity index (χ1v) is 5.42. The van der Waals surface area contributed by atoms with E-state index in [9.17, 15) is 9.18 Å². The van der Waals surface area contributed by atoms with E-state index in [2.05, 4.69) is 4.98 Å². The molecule has 0 fully saturated rings. The van der Waals surface area contributed by atoms with Crippen LogP contribution >= 0.6 is 11.6 Å². The average Bonchev–Trinajstić information content (AvgIpc) is 2.29. The zero-order valence-electron chi connectivity index (χ0n) is 9.04. The summed E-state index contributed by atoms with van der Waals surface area (Å²) in [5, 5.41) is 0.671. The summed E-state index contributed by atoms with van der Waals surface area (Å²) in [6.45, 7) is 1.91. The van der Waals surface area contributed by atoms with E-state index in [1.165, 1.54) is 18.3 Å². The SMILES string of the molecule is CCOC(=O)c1c(Cl)ncc2c(F)cccc12. The van der Waals surface area contributed by atoms with E-state index in [0.29, 0.717) is 5.39 Å². The monoisotopic (exact) mass is 253 g/mol. The number of nitrogens with zero attached hydrogens (tertiary/aromatic N) is 1. The third kappa shape index (κ3) is 2.08. The van der Waals surface area contributed by atoms with Crippen LogP contribution in [0.25, 0.3) is 10.8 Å². The summed E-state index contributed by atoms with van der Waals surface area (Å²) in [6.07, 6.45) is 1.30. The summed E-state index contributed by atoms with van der Waals surface area (Å²) < 4.78 is 18.4. The van der Waals surface area contributed by atoms with E-state index in [1.807, 2.05) is 0 Å². The molecule has 0 aliphatic carbocycles. The van der Waals surface area contributed by atoms with Crippen LogP contribution in [0.5, 0.6) is 0 Å². The molecule has 5 heteroatoms. The average molecular weight is 254 g/mol. The molecule has 2 aromatic rings. The molecular weight excluding hydrogens is 245 g/mol. The number of carbonyl (C=O) groups is 1. The van der Waals surface area contributed by atoms with Crippen LogP contribution in [0.4, 0.5) is 4.39 Å². The standard InChI is InChI=1S/C12H9ClFNO2/c1-2-17-12(16)10-7-4-3-5-9(14)8(7)6-15-11(10)13/h3-6H,2H2,1H3. The van der Waals surface area contributed by atoms with Crippen LogP contribution in [0.15, 0.2) is 24.4 Å². The van der Waals surface area contributed by atoms with E-state index in [0.717, 1.165) is 0 Å². The number of benzene rings is 1. The molecule has 1 heterocycles. The molecule has 0 saturated heterocycles. The molecule has 0 aliphatic heterocycles. The number of hydrogen-bond donors (Lipinski definition) is 0. The van der Waals surface area contributed by atoms with E-state index >= 15 is 0 Å². The Labute approximate surface area is 102 Å². The molecule has 0 unspecified atom stereocenters. The Morgan fingerprint density at radius 3 is 2.94 bits per heavy atom. The number of ether oxygens (including phenoxy) is 1. The van der Waals surface area contributed by atoms with Gasteiger partial charge in [-0.2, -0.15) is 0 Å². The first kappa shape index (κ1) is 11.8. The van der Waals surface area contributed by atoms with Crippen LogP contribution in [0.1, 0.15) is 17.3 Å². The van der Waals surface area contributed by atoms with Crippen molar-refractivity contribution in [1.29, 1.82) is 0 Å². The highest BCUT2D eigenvalue weighted by Gasteiger charge is 2.17. The second-order valence-electron chi connectivity index (χ2n) is 3.35. The fourth-order valence-corrected chi connectivity index (χ4v) is 1.81. The molecular formula is C12H9ClFNO2. The molecule has 1 aromatic carbocycles. The lowest BCUT2D eigenvalue weighted by atomic mass is 10.1. The molecule has 0 saturated carbocycles. The van der Waals surface area contributed by atoms with E-state index in [-0.39, 0.29) is 22.7 Å². The minimum atomic E-state index is -0.596. The summed E-state index contributed by atoms with van der Waals surface area (Å²) in [6, 6.07) is 4.42. The number of carbonyl (C=O) groups excluding carboxylic acids is 1. The minimum absolute atomic E-state index is 0.0153. The van der Waals surface area contributed by atoms with Crippen molar-refractivity contribution in [2.45, 2.75) is 6.92 Å². The van der Waals surface area contributed by atoms with Gasteiger partial charge in [0.25, 0.3) is 0 Å². The Bertz CT molecular complexity index is 586. The van der Waals surface area contributed by atoms with Crippen LogP contribution < -0.4 is 0 Å². The van der Waals surface area contributed by atoms with Gasteiger partial charge in [-0.25, -0.2) is 14.2 Å². The van der Waals surface area contributed by atoms with E-state index in [4.69, 9.17) is 16.3 Å². The molecule has 17 heavy (non-hydrogen) atoms. The third-order valence-corrected chi connectivity index (χ3v) is 2.60. The first-order chi connectivity index (χ1) is 8.15. The molecule has 0 amide bonds. The largest absolute Gasteiger partial charge is 0.462 e. The van der Waals surface area contributed by atoms with Gasteiger partial charge >= 0.3 is 5.97 Å². The Kier molecular flexibility index (Phi) is 3.24. The molecule has 1 aromatic heterocycles. The second kappa shape index (κ2) is 4.67. The molecule has 0 bridgehead atoms. The quantitative estimate of drug-likeness (QED) is 0.609. The molecule has 0 atom stereocenters. The predicted molar refractivity (Wildman–Crippen MR) is 62.7 cm³/mol. The normalized spacial score (nSPS) is 10.5.